The van der Waals surface area contributed by atoms with Gasteiger partial charge in [0.05, 0.1) is 5.02 Å². The molecule has 21 heavy (non-hydrogen) atoms. The summed E-state index contributed by atoms with van der Waals surface area (Å²) in [5.74, 6) is 2.48. The maximum absolute atomic E-state index is 9.46. The van der Waals surface area contributed by atoms with E-state index in [0.717, 1.165) is 30.1 Å². The zero-order valence-electron chi connectivity index (χ0n) is 12.1. The first-order valence-corrected chi connectivity index (χ1v) is 7.87. The largest absolute Gasteiger partial charge is 0.506 e. The van der Waals surface area contributed by atoms with Crippen molar-refractivity contribution in [1.29, 1.82) is 0 Å². The zero-order chi connectivity index (χ0) is 14.8. The monoisotopic (exact) mass is 306 g/mol. The van der Waals surface area contributed by atoms with Crippen molar-refractivity contribution in [2.75, 3.05) is 0 Å². The maximum Gasteiger partial charge on any atom is 0.257 e. The highest BCUT2D eigenvalue weighted by atomic mass is 35.5. The van der Waals surface area contributed by atoms with E-state index < -0.39 is 0 Å². The Labute approximate surface area is 129 Å². The number of benzene rings is 1. The van der Waals surface area contributed by atoms with E-state index in [1.807, 2.05) is 0 Å². The molecule has 1 aromatic heterocycles. The molecule has 112 valence electrons. The molecule has 2 unspecified atom stereocenters. The molecule has 1 saturated carbocycles. The molecule has 5 heteroatoms. The number of phenolic OH excluding ortho intramolecular Hbond substituents is 1. The SMILES string of the molecule is CCC1CCCC(c2noc(-c3ccc(O)c(Cl)c3)n2)C1. The van der Waals surface area contributed by atoms with Crippen molar-refractivity contribution in [3.8, 4) is 17.2 Å². The molecule has 0 amide bonds. The normalized spacial score (nSPS) is 22.4. The third kappa shape index (κ3) is 3.05. The minimum atomic E-state index is 0.0539. The summed E-state index contributed by atoms with van der Waals surface area (Å²) in [6.07, 6.45) is 6.04. The Balaban J connectivity index is 1.81. The van der Waals surface area contributed by atoms with Gasteiger partial charge in [-0.15, -0.1) is 0 Å². The molecule has 0 saturated heterocycles. The van der Waals surface area contributed by atoms with Crippen LogP contribution in [-0.2, 0) is 0 Å². The van der Waals surface area contributed by atoms with Crippen LogP contribution in [0.25, 0.3) is 11.5 Å². The lowest BCUT2D eigenvalue weighted by molar-refractivity contribution is 0.300. The fourth-order valence-corrected chi connectivity index (χ4v) is 3.23. The lowest BCUT2D eigenvalue weighted by atomic mass is 9.80. The second-order valence-corrected chi connectivity index (χ2v) is 6.17. The molecular weight excluding hydrogens is 288 g/mol. The number of phenols is 1. The Hall–Kier alpha value is -1.55. The molecule has 1 aliphatic carbocycles. The summed E-state index contributed by atoms with van der Waals surface area (Å²) in [4.78, 5) is 4.53. The highest BCUT2D eigenvalue weighted by Gasteiger charge is 2.26. The Morgan fingerprint density at radius 1 is 1.38 bits per heavy atom. The number of halogens is 1. The van der Waals surface area contributed by atoms with E-state index in [9.17, 15) is 5.11 Å². The average molecular weight is 307 g/mol. The number of rotatable bonds is 3. The first-order chi connectivity index (χ1) is 10.2. The molecule has 0 aliphatic heterocycles. The Kier molecular flexibility index (Phi) is 4.15. The Morgan fingerprint density at radius 3 is 3.00 bits per heavy atom. The minimum Gasteiger partial charge on any atom is -0.506 e. The van der Waals surface area contributed by atoms with Crippen molar-refractivity contribution in [2.24, 2.45) is 5.92 Å². The molecule has 1 aromatic carbocycles. The summed E-state index contributed by atoms with van der Waals surface area (Å²) >= 11 is 5.92. The van der Waals surface area contributed by atoms with Crippen molar-refractivity contribution in [1.82, 2.24) is 10.1 Å². The molecular formula is C16H19ClN2O2. The van der Waals surface area contributed by atoms with Gasteiger partial charge < -0.3 is 9.63 Å². The standard InChI is InChI=1S/C16H19ClN2O2/c1-2-10-4-3-5-11(8-10)15-18-16(21-19-15)12-6-7-14(20)13(17)9-12/h6-7,9-11,20H,2-5,8H2,1H3. The summed E-state index contributed by atoms with van der Waals surface area (Å²) in [6, 6.07) is 4.91. The van der Waals surface area contributed by atoms with E-state index >= 15 is 0 Å². The van der Waals surface area contributed by atoms with Gasteiger partial charge in [-0.1, -0.05) is 42.9 Å². The second kappa shape index (κ2) is 6.06. The van der Waals surface area contributed by atoms with Gasteiger partial charge in [0, 0.05) is 11.5 Å². The Morgan fingerprint density at radius 2 is 2.24 bits per heavy atom. The van der Waals surface area contributed by atoms with Gasteiger partial charge in [-0.2, -0.15) is 4.98 Å². The summed E-state index contributed by atoms with van der Waals surface area (Å²) in [5.41, 5.74) is 0.736. The van der Waals surface area contributed by atoms with E-state index in [4.69, 9.17) is 16.1 Å². The molecule has 4 nitrogen and oxygen atoms in total. The molecule has 0 radical (unpaired) electrons. The van der Waals surface area contributed by atoms with Crippen LogP contribution in [0, 0.1) is 5.92 Å². The third-order valence-electron chi connectivity index (χ3n) is 4.36. The Bertz CT molecular complexity index is 626. The minimum absolute atomic E-state index is 0.0539. The molecule has 1 N–H and O–H groups in total. The van der Waals surface area contributed by atoms with E-state index in [-0.39, 0.29) is 10.8 Å². The summed E-state index contributed by atoms with van der Waals surface area (Å²) in [7, 11) is 0. The number of hydrogen-bond donors (Lipinski definition) is 1. The molecule has 0 bridgehead atoms. The predicted octanol–water partition coefficient (Wildman–Crippen LogP) is 4.78. The van der Waals surface area contributed by atoms with Gasteiger partial charge in [0.15, 0.2) is 5.82 Å². The lowest BCUT2D eigenvalue weighted by Crippen LogP contribution is -2.14. The number of hydrogen-bond acceptors (Lipinski definition) is 4. The van der Waals surface area contributed by atoms with Gasteiger partial charge in [-0.3, -0.25) is 0 Å². The first kappa shape index (κ1) is 14.4. The zero-order valence-corrected chi connectivity index (χ0v) is 12.8. The van der Waals surface area contributed by atoms with Crippen molar-refractivity contribution in [3.05, 3.63) is 29.0 Å². The van der Waals surface area contributed by atoms with Crippen LogP contribution in [0.2, 0.25) is 5.02 Å². The van der Waals surface area contributed by atoms with Gasteiger partial charge in [0.2, 0.25) is 0 Å². The highest BCUT2D eigenvalue weighted by molar-refractivity contribution is 6.32. The average Bonchev–Trinajstić information content (AvgIpc) is 3.00. The molecule has 1 aliphatic rings. The smallest absolute Gasteiger partial charge is 0.257 e. The van der Waals surface area contributed by atoms with Gasteiger partial charge >= 0.3 is 0 Å². The van der Waals surface area contributed by atoms with E-state index in [0.29, 0.717) is 11.8 Å². The summed E-state index contributed by atoms with van der Waals surface area (Å²) in [6.45, 7) is 2.24. The number of nitrogens with zero attached hydrogens (tertiary/aromatic N) is 2. The van der Waals surface area contributed by atoms with Crippen molar-refractivity contribution < 1.29 is 9.63 Å². The van der Waals surface area contributed by atoms with Crippen molar-refractivity contribution >= 4 is 11.6 Å². The molecule has 2 atom stereocenters. The van der Waals surface area contributed by atoms with Crippen molar-refractivity contribution in [3.63, 3.8) is 0 Å². The van der Waals surface area contributed by atoms with Crippen LogP contribution in [0.1, 0.15) is 50.8 Å². The van der Waals surface area contributed by atoms with Gasteiger partial charge in [-0.25, -0.2) is 0 Å². The first-order valence-electron chi connectivity index (χ1n) is 7.50. The lowest BCUT2D eigenvalue weighted by Gasteiger charge is -2.26. The molecule has 0 spiro atoms. The third-order valence-corrected chi connectivity index (χ3v) is 4.66. The quantitative estimate of drug-likeness (QED) is 0.886. The van der Waals surface area contributed by atoms with Crippen LogP contribution < -0.4 is 0 Å². The van der Waals surface area contributed by atoms with Crippen LogP contribution in [0.15, 0.2) is 22.7 Å². The number of aromatic hydroxyl groups is 1. The van der Waals surface area contributed by atoms with E-state index in [1.54, 1.807) is 12.1 Å². The molecule has 3 rings (SSSR count). The maximum atomic E-state index is 9.46. The fourth-order valence-electron chi connectivity index (χ4n) is 3.05. The van der Waals surface area contributed by atoms with Crippen LogP contribution in [0.3, 0.4) is 0 Å². The van der Waals surface area contributed by atoms with Crippen LogP contribution >= 0.6 is 11.6 Å². The molecule has 2 aromatic rings. The number of aromatic nitrogens is 2. The molecule has 1 fully saturated rings. The van der Waals surface area contributed by atoms with Crippen LogP contribution in [0.4, 0.5) is 0 Å². The van der Waals surface area contributed by atoms with Gasteiger partial charge in [0.1, 0.15) is 5.75 Å². The predicted molar refractivity (Wildman–Crippen MR) is 81.4 cm³/mol. The van der Waals surface area contributed by atoms with Gasteiger partial charge in [-0.05, 0) is 37.0 Å². The van der Waals surface area contributed by atoms with E-state index in [1.165, 1.54) is 25.3 Å². The van der Waals surface area contributed by atoms with Crippen molar-refractivity contribution in [2.45, 2.75) is 44.9 Å². The molecule has 1 heterocycles. The van der Waals surface area contributed by atoms with Crippen LogP contribution in [0.5, 0.6) is 5.75 Å². The van der Waals surface area contributed by atoms with E-state index in [2.05, 4.69) is 17.1 Å². The highest BCUT2D eigenvalue weighted by Crippen LogP contribution is 2.37. The second-order valence-electron chi connectivity index (χ2n) is 5.76. The van der Waals surface area contributed by atoms with Crippen LogP contribution in [-0.4, -0.2) is 15.2 Å². The topological polar surface area (TPSA) is 59.2 Å². The fraction of sp³-hybridized carbons (Fsp3) is 0.500. The summed E-state index contributed by atoms with van der Waals surface area (Å²) in [5, 5.41) is 13.9. The van der Waals surface area contributed by atoms with Gasteiger partial charge in [0.25, 0.3) is 5.89 Å². The summed E-state index contributed by atoms with van der Waals surface area (Å²) < 4.78 is 5.37.